The van der Waals surface area contributed by atoms with Gasteiger partial charge in [-0.15, -0.1) is 0 Å². The highest BCUT2D eigenvalue weighted by atomic mass is 79.9. The fraction of sp³-hybridized carbons (Fsp3) is 0.0417. The number of para-hydroxylation sites is 2. The third kappa shape index (κ3) is 6.93. The lowest BCUT2D eigenvalue weighted by atomic mass is 10.1. The third-order valence-corrected chi connectivity index (χ3v) is 5.73. The van der Waals surface area contributed by atoms with Crippen molar-refractivity contribution in [2.24, 2.45) is 0 Å². The lowest BCUT2D eigenvalue weighted by Crippen LogP contribution is -2.20. The van der Waals surface area contributed by atoms with Crippen LogP contribution in [0.4, 0.5) is 11.4 Å². The fourth-order valence-corrected chi connectivity index (χ4v) is 4.36. The Kier molecular flexibility index (Phi) is 8.66. The van der Waals surface area contributed by atoms with Gasteiger partial charge in [-0.3, -0.25) is 9.59 Å². The zero-order valence-corrected chi connectivity index (χ0v) is 20.9. The average Bonchev–Trinajstić information content (AvgIpc) is 2.79. The fourth-order valence-electron chi connectivity index (χ4n) is 2.72. The number of hydrogen-bond donors (Lipinski definition) is 2. The van der Waals surface area contributed by atoms with Gasteiger partial charge in [0.05, 0.1) is 19.7 Å². The number of hydrogen-bond acceptors (Lipinski definition) is 4. The highest BCUT2D eigenvalue weighted by Crippen LogP contribution is 2.35. The second-order valence-corrected chi connectivity index (χ2v) is 8.74. The van der Waals surface area contributed by atoms with Crippen LogP contribution in [0, 0.1) is 11.3 Å². The smallest absolute Gasteiger partial charge is 0.266 e. The monoisotopic (exact) mass is 587 g/mol. The van der Waals surface area contributed by atoms with Gasteiger partial charge >= 0.3 is 0 Å². The summed E-state index contributed by atoms with van der Waals surface area (Å²) in [6, 6.07) is 21.0. The first-order valence-corrected chi connectivity index (χ1v) is 11.5. The van der Waals surface area contributed by atoms with Crippen LogP contribution in [-0.4, -0.2) is 18.4 Å². The number of nitriles is 1. The normalized spacial score (nSPS) is 10.8. The maximum Gasteiger partial charge on any atom is 0.266 e. The molecule has 3 rings (SSSR count). The molecule has 0 spiro atoms. The summed E-state index contributed by atoms with van der Waals surface area (Å²) in [6.07, 6.45) is 1.46. The van der Waals surface area contributed by atoms with Crippen molar-refractivity contribution in [1.29, 1.82) is 5.26 Å². The van der Waals surface area contributed by atoms with Crippen molar-refractivity contribution in [3.05, 3.63) is 91.8 Å². The molecule has 2 amide bonds. The molecule has 0 saturated heterocycles. The van der Waals surface area contributed by atoms with Gasteiger partial charge in [-0.25, -0.2) is 0 Å². The highest BCUT2D eigenvalue weighted by molar-refractivity contribution is 9.11. The molecule has 0 radical (unpaired) electrons. The maximum absolute atomic E-state index is 12.4. The summed E-state index contributed by atoms with van der Waals surface area (Å²) in [5.41, 5.74) is 1.60. The minimum Gasteiger partial charge on any atom is -0.481 e. The Morgan fingerprint density at radius 1 is 1.00 bits per heavy atom. The van der Waals surface area contributed by atoms with E-state index in [0.717, 1.165) is 0 Å². The predicted molar refractivity (Wildman–Crippen MR) is 136 cm³/mol. The molecule has 6 nitrogen and oxygen atoms in total. The molecular weight excluding hydrogens is 574 g/mol. The first-order chi connectivity index (χ1) is 15.9. The number of anilines is 2. The summed E-state index contributed by atoms with van der Waals surface area (Å²) in [4.78, 5) is 24.7. The maximum atomic E-state index is 12.4. The van der Waals surface area contributed by atoms with E-state index in [1.54, 1.807) is 60.7 Å². The van der Waals surface area contributed by atoms with E-state index in [-0.39, 0.29) is 18.1 Å². The lowest BCUT2D eigenvalue weighted by Gasteiger charge is -2.12. The molecule has 3 aromatic carbocycles. The number of nitrogens with zero attached hydrogens (tertiary/aromatic N) is 1. The van der Waals surface area contributed by atoms with E-state index in [0.29, 0.717) is 36.7 Å². The quantitative estimate of drug-likeness (QED) is 0.246. The van der Waals surface area contributed by atoms with Gasteiger partial charge in [0.25, 0.3) is 11.8 Å². The molecule has 0 heterocycles. The van der Waals surface area contributed by atoms with Crippen LogP contribution < -0.4 is 15.4 Å². The molecule has 9 heteroatoms. The van der Waals surface area contributed by atoms with E-state index in [1.807, 2.05) is 12.1 Å². The zero-order chi connectivity index (χ0) is 23.8. The van der Waals surface area contributed by atoms with Crippen LogP contribution in [-0.2, 0) is 9.59 Å². The molecule has 0 unspecified atom stereocenters. The molecule has 3 aromatic rings. The van der Waals surface area contributed by atoms with Crippen LogP contribution in [0.2, 0.25) is 5.02 Å². The third-order valence-electron chi connectivity index (χ3n) is 4.22. The van der Waals surface area contributed by atoms with Gasteiger partial charge in [0.15, 0.2) is 6.61 Å². The summed E-state index contributed by atoms with van der Waals surface area (Å²) in [5.74, 6) is -0.503. The molecule has 0 aliphatic rings. The van der Waals surface area contributed by atoms with E-state index in [2.05, 4.69) is 42.5 Å². The van der Waals surface area contributed by atoms with Crippen molar-refractivity contribution in [3.8, 4) is 11.8 Å². The van der Waals surface area contributed by atoms with Crippen molar-refractivity contribution in [2.75, 3.05) is 17.2 Å². The standard InChI is InChI=1S/C24H16Br2ClN3O3/c25-18-11-15(10-16(13-28)24(32)29-17-6-2-1-3-7-17)12-19(26)23(18)33-14-22(31)30-21-9-5-4-8-20(21)27/h1-12H,14H2,(H,29,32)(H,30,31)/b16-10+. The number of halogens is 3. The van der Waals surface area contributed by atoms with E-state index in [4.69, 9.17) is 16.3 Å². The van der Waals surface area contributed by atoms with Crippen molar-refractivity contribution >= 4 is 72.7 Å². The molecule has 0 bridgehead atoms. The molecule has 166 valence electrons. The summed E-state index contributed by atoms with van der Waals surface area (Å²) >= 11 is 12.9. The number of rotatable bonds is 7. The van der Waals surface area contributed by atoms with Crippen LogP contribution in [0.1, 0.15) is 5.56 Å². The number of carbonyl (C=O) groups excluding carboxylic acids is 2. The van der Waals surface area contributed by atoms with Gasteiger partial charge in [-0.2, -0.15) is 5.26 Å². The van der Waals surface area contributed by atoms with Gasteiger partial charge in [0.2, 0.25) is 0 Å². The zero-order valence-electron chi connectivity index (χ0n) is 16.9. The summed E-state index contributed by atoms with van der Waals surface area (Å²) in [6.45, 7) is -0.249. The first-order valence-electron chi connectivity index (χ1n) is 9.52. The van der Waals surface area contributed by atoms with Crippen molar-refractivity contribution in [2.45, 2.75) is 0 Å². The molecule has 0 atom stereocenters. The highest BCUT2D eigenvalue weighted by Gasteiger charge is 2.14. The van der Waals surface area contributed by atoms with Crippen LogP contribution >= 0.6 is 43.5 Å². The second kappa shape index (κ2) is 11.7. The minimum atomic E-state index is -0.521. The number of amides is 2. The summed E-state index contributed by atoms with van der Waals surface area (Å²) < 4.78 is 6.71. The lowest BCUT2D eigenvalue weighted by molar-refractivity contribution is -0.118. The Bertz CT molecular complexity index is 1230. The molecule has 0 fully saturated rings. The Morgan fingerprint density at radius 3 is 2.27 bits per heavy atom. The van der Waals surface area contributed by atoms with E-state index >= 15 is 0 Å². The van der Waals surface area contributed by atoms with Gasteiger partial charge in [0, 0.05) is 5.69 Å². The number of nitrogens with one attached hydrogen (secondary N) is 2. The molecule has 0 aliphatic heterocycles. The Morgan fingerprint density at radius 2 is 1.64 bits per heavy atom. The van der Waals surface area contributed by atoms with Gasteiger partial charge in [0.1, 0.15) is 17.4 Å². The topological polar surface area (TPSA) is 91.2 Å². The van der Waals surface area contributed by atoms with Crippen molar-refractivity contribution in [1.82, 2.24) is 0 Å². The van der Waals surface area contributed by atoms with Crippen molar-refractivity contribution in [3.63, 3.8) is 0 Å². The summed E-state index contributed by atoms with van der Waals surface area (Å²) in [5, 5.41) is 15.2. The predicted octanol–water partition coefficient (Wildman–Crippen LogP) is 6.43. The molecule has 0 aliphatic carbocycles. The Labute approximate surface area is 212 Å². The van der Waals surface area contributed by atoms with E-state index in [1.165, 1.54) is 6.08 Å². The van der Waals surface area contributed by atoms with Gasteiger partial charge in [-0.1, -0.05) is 41.9 Å². The van der Waals surface area contributed by atoms with Gasteiger partial charge < -0.3 is 15.4 Å². The number of ether oxygens (including phenoxy) is 1. The SMILES string of the molecule is N#C/C(=C\c1cc(Br)c(OCC(=O)Nc2ccccc2Cl)c(Br)c1)C(=O)Nc1ccccc1. The van der Waals surface area contributed by atoms with E-state index in [9.17, 15) is 14.9 Å². The first kappa shape index (κ1) is 24.5. The molecule has 0 saturated carbocycles. The molecule has 0 aromatic heterocycles. The molecular formula is C24H16Br2ClN3O3. The van der Waals surface area contributed by atoms with Gasteiger partial charge in [-0.05, 0) is 79.9 Å². The Balaban J connectivity index is 1.70. The van der Waals surface area contributed by atoms with Crippen LogP contribution in [0.25, 0.3) is 6.08 Å². The van der Waals surface area contributed by atoms with Crippen LogP contribution in [0.15, 0.2) is 81.2 Å². The average molecular weight is 590 g/mol. The summed E-state index contributed by atoms with van der Waals surface area (Å²) in [7, 11) is 0. The second-order valence-electron chi connectivity index (χ2n) is 6.62. The van der Waals surface area contributed by atoms with Crippen LogP contribution in [0.5, 0.6) is 5.75 Å². The Hall–Kier alpha value is -3.12. The molecule has 2 N–H and O–H groups in total. The minimum absolute atomic E-state index is 0.0644. The van der Waals surface area contributed by atoms with Crippen molar-refractivity contribution < 1.29 is 14.3 Å². The largest absolute Gasteiger partial charge is 0.481 e. The van der Waals surface area contributed by atoms with Crippen LogP contribution in [0.3, 0.4) is 0 Å². The van der Waals surface area contributed by atoms with E-state index < -0.39 is 5.91 Å². The number of carbonyl (C=O) groups is 2. The molecule has 33 heavy (non-hydrogen) atoms. The number of benzene rings is 3.